The van der Waals surface area contributed by atoms with E-state index in [2.05, 4.69) is 10.5 Å². The van der Waals surface area contributed by atoms with Crippen molar-refractivity contribution in [2.24, 2.45) is 5.16 Å². The lowest BCUT2D eigenvalue weighted by Gasteiger charge is -2.11. The van der Waals surface area contributed by atoms with Crippen molar-refractivity contribution in [1.29, 1.82) is 0 Å². The van der Waals surface area contributed by atoms with Gasteiger partial charge in [0, 0.05) is 25.3 Å². The van der Waals surface area contributed by atoms with Crippen LogP contribution in [0.2, 0.25) is 0 Å². The summed E-state index contributed by atoms with van der Waals surface area (Å²) in [6, 6.07) is 3.77. The third-order valence-corrected chi connectivity index (χ3v) is 2.47. The summed E-state index contributed by atoms with van der Waals surface area (Å²) in [6.07, 6.45) is 0. The molecule has 0 unspecified atom stereocenters. The maximum atomic E-state index is 13.2. The molecular formula is C13H17FN2O4. The number of amides is 1. The van der Waals surface area contributed by atoms with Crippen LogP contribution in [-0.4, -0.2) is 43.7 Å². The maximum Gasteiger partial charge on any atom is 0.258 e. The van der Waals surface area contributed by atoms with Crippen LogP contribution in [0.15, 0.2) is 23.4 Å². The molecule has 0 aliphatic heterocycles. The van der Waals surface area contributed by atoms with E-state index in [1.807, 2.05) is 0 Å². The molecule has 0 atom stereocenters. The van der Waals surface area contributed by atoms with Gasteiger partial charge in [-0.3, -0.25) is 4.79 Å². The van der Waals surface area contributed by atoms with Crippen molar-refractivity contribution in [3.63, 3.8) is 0 Å². The number of hydrogen-bond acceptors (Lipinski definition) is 5. The predicted molar refractivity (Wildman–Crippen MR) is 70.8 cm³/mol. The van der Waals surface area contributed by atoms with E-state index < -0.39 is 5.82 Å². The number of rotatable bonds is 7. The number of halogens is 1. The van der Waals surface area contributed by atoms with Crippen LogP contribution in [-0.2, 0) is 9.53 Å². The standard InChI is InChI=1S/C13H17FN2O4/c1-9(16-18)11-4-3-10(14)7-12(11)20-8-13(17)15-5-6-19-2/h3-4,7,18H,5-6,8H2,1-2H3,(H,15,17). The number of oxime groups is 1. The molecule has 0 spiro atoms. The van der Waals surface area contributed by atoms with Crippen molar-refractivity contribution < 1.29 is 23.9 Å². The van der Waals surface area contributed by atoms with Gasteiger partial charge in [-0.1, -0.05) is 5.16 Å². The zero-order valence-electron chi connectivity index (χ0n) is 11.4. The molecule has 0 heterocycles. The third-order valence-electron chi connectivity index (χ3n) is 2.47. The van der Waals surface area contributed by atoms with E-state index >= 15 is 0 Å². The van der Waals surface area contributed by atoms with Crippen molar-refractivity contribution in [2.45, 2.75) is 6.92 Å². The van der Waals surface area contributed by atoms with Crippen LogP contribution in [0.1, 0.15) is 12.5 Å². The molecule has 0 fully saturated rings. The minimum atomic E-state index is -0.505. The molecule has 1 amide bonds. The van der Waals surface area contributed by atoms with Gasteiger partial charge in [0.1, 0.15) is 11.6 Å². The van der Waals surface area contributed by atoms with Crippen LogP contribution in [0.4, 0.5) is 4.39 Å². The number of carbonyl (C=O) groups excluding carboxylic acids is 1. The van der Waals surface area contributed by atoms with Crippen molar-refractivity contribution >= 4 is 11.6 Å². The predicted octanol–water partition coefficient (Wildman–Crippen LogP) is 1.17. The zero-order valence-corrected chi connectivity index (χ0v) is 11.4. The van der Waals surface area contributed by atoms with E-state index in [0.29, 0.717) is 18.7 Å². The number of nitrogens with zero attached hydrogens (tertiary/aromatic N) is 1. The molecule has 0 aliphatic rings. The van der Waals surface area contributed by atoms with Gasteiger partial charge in [0.05, 0.1) is 12.3 Å². The molecule has 2 N–H and O–H groups in total. The first kappa shape index (κ1) is 15.9. The molecule has 0 radical (unpaired) electrons. The highest BCUT2D eigenvalue weighted by atomic mass is 19.1. The Morgan fingerprint density at radius 3 is 2.90 bits per heavy atom. The maximum absolute atomic E-state index is 13.2. The van der Waals surface area contributed by atoms with Crippen molar-refractivity contribution in [3.8, 4) is 5.75 Å². The van der Waals surface area contributed by atoms with E-state index in [1.54, 1.807) is 6.92 Å². The topological polar surface area (TPSA) is 80.2 Å². The van der Waals surface area contributed by atoms with E-state index in [4.69, 9.17) is 14.7 Å². The molecule has 7 heteroatoms. The first-order valence-corrected chi connectivity index (χ1v) is 5.95. The van der Waals surface area contributed by atoms with Gasteiger partial charge in [-0.2, -0.15) is 0 Å². The highest BCUT2D eigenvalue weighted by Gasteiger charge is 2.11. The van der Waals surface area contributed by atoms with Gasteiger partial charge in [-0.05, 0) is 19.1 Å². The summed E-state index contributed by atoms with van der Waals surface area (Å²) in [5, 5.41) is 14.4. The number of methoxy groups -OCH3 is 1. The van der Waals surface area contributed by atoms with Gasteiger partial charge in [0.25, 0.3) is 5.91 Å². The fourth-order valence-corrected chi connectivity index (χ4v) is 1.46. The number of nitrogens with one attached hydrogen (secondary N) is 1. The van der Waals surface area contributed by atoms with E-state index in [0.717, 1.165) is 6.07 Å². The van der Waals surface area contributed by atoms with Crippen LogP contribution < -0.4 is 10.1 Å². The van der Waals surface area contributed by atoms with Gasteiger partial charge < -0.3 is 20.0 Å². The lowest BCUT2D eigenvalue weighted by molar-refractivity contribution is -0.123. The Morgan fingerprint density at radius 2 is 2.25 bits per heavy atom. The molecule has 0 saturated carbocycles. The molecule has 0 aromatic heterocycles. The molecule has 6 nitrogen and oxygen atoms in total. The monoisotopic (exact) mass is 284 g/mol. The molecule has 1 aromatic rings. The summed E-state index contributed by atoms with van der Waals surface area (Å²) >= 11 is 0. The number of hydrogen-bond donors (Lipinski definition) is 2. The Balaban J connectivity index is 2.67. The molecule has 1 aromatic carbocycles. The Bertz CT molecular complexity index is 491. The number of benzene rings is 1. The van der Waals surface area contributed by atoms with Crippen molar-refractivity contribution in [2.75, 3.05) is 26.9 Å². The van der Waals surface area contributed by atoms with Crippen molar-refractivity contribution in [1.82, 2.24) is 5.32 Å². The van der Waals surface area contributed by atoms with Gasteiger partial charge in [0.2, 0.25) is 0 Å². The largest absolute Gasteiger partial charge is 0.483 e. The average molecular weight is 284 g/mol. The van der Waals surface area contributed by atoms with E-state index in [-0.39, 0.29) is 24.0 Å². The molecule has 0 bridgehead atoms. The highest BCUT2D eigenvalue weighted by Crippen LogP contribution is 2.20. The number of ether oxygens (including phenoxy) is 2. The summed E-state index contributed by atoms with van der Waals surface area (Å²) < 4.78 is 23.2. The fraction of sp³-hybridized carbons (Fsp3) is 0.385. The highest BCUT2D eigenvalue weighted by molar-refractivity contribution is 6.00. The average Bonchev–Trinajstić information content (AvgIpc) is 2.44. The Labute approximate surface area is 116 Å². The summed E-state index contributed by atoms with van der Waals surface area (Å²) in [5.41, 5.74) is 0.679. The molecule has 20 heavy (non-hydrogen) atoms. The van der Waals surface area contributed by atoms with Crippen LogP contribution in [0.25, 0.3) is 0 Å². The second kappa shape index (κ2) is 8.11. The smallest absolute Gasteiger partial charge is 0.258 e. The van der Waals surface area contributed by atoms with Gasteiger partial charge in [0.15, 0.2) is 6.61 Å². The molecule has 0 aliphatic carbocycles. The van der Waals surface area contributed by atoms with Crippen LogP contribution >= 0.6 is 0 Å². The van der Waals surface area contributed by atoms with Crippen molar-refractivity contribution in [3.05, 3.63) is 29.6 Å². The molecule has 110 valence electrons. The van der Waals surface area contributed by atoms with Gasteiger partial charge in [-0.15, -0.1) is 0 Å². The second-order valence-electron chi connectivity index (χ2n) is 3.96. The fourth-order valence-electron chi connectivity index (χ4n) is 1.46. The van der Waals surface area contributed by atoms with Crippen LogP contribution in [0, 0.1) is 5.82 Å². The summed E-state index contributed by atoms with van der Waals surface area (Å²) in [7, 11) is 1.53. The minimum absolute atomic E-state index is 0.141. The third kappa shape index (κ3) is 4.85. The quantitative estimate of drug-likeness (QED) is 0.341. The summed E-state index contributed by atoms with van der Waals surface area (Å²) in [5.74, 6) is -0.715. The molecule has 0 saturated heterocycles. The summed E-state index contributed by atoms with van der Waals surface area (Å²) in [6.45, 7) is 2.04. The number of carbonyl (C=O) groups is 1. The van der Waals surface area contributed by atoms with Crippen LogP contribution in [0.5, 0.6) is 5.75 Å². The van der Waals surface area contributed by atoms with Gasteiger partial charge >= 0.3 is 0 Å². The Kier molecular flexibility index (Phi) is 6.45. The molecular weight excluding hydrogens is 267 g/mol. The Morgan fingerprint density at radius 1 is 1.50 bits per heavy atom. The SMILES string of the molecule is COCCNC(=O)COc1cc(F)ccc1C(C)=NO. The van der Waals surface area contributed by atoms with E-state index in [1.165, 1.54) is 19.2 Å². The minimum Gasteiger partial charge on any atom is -0.483 e. The summed E-state index contributed by atoms with van der Waals surface area (Å²) in [4.78, 5) is 11.5. The van der Waals surface area contributed by atoms with E-state index in [9.17, 15) is 9.18 Å². The second-order valence-corrected chi connectivity index (χ2v) is 3.96. The first-order valence-electron chi connectivity index (χ1n) is 5.95. The first-order chi connectivity index (χ1) is 9.58. The van der Waals surface area contributed by atoms with Gasteiger partial charge in [-0.25, -0.2) is 4.39 Å². The normalized spacial score (nSPS) is 11.2. The lowest BCUT2D eigenvalue weighted by atomic mass is 10.1. The molecule has 1 rings (SSSR count). The lowest BCUT2D eigenvalue weighted by Crippen LogP contribution is -2.31. The Hall–Kier alpha value is -2.15. The zero-order chi connectivity index (χ0) is 15.0. The van der Waals surface area contributed by atoms with Crippen LogP contribution in [0.3, 0.4) is 0 Å².